The normalized spacial score (nSPS) is 18.8. The molecule has 1 saturated carbocycles. The molecule has 0 bridgehead atoms. The Hall–Kier alpha value is -0.960. The number of aliphatic hydroxyl groups is 1. The molecule has 0 radical (unpaired) electrons. The van der Waals surface area contributed by atoms with Gasteiger partial charge in [-0.2, -0.15) is 0 Å². The summed E-state index contributed by atoms with van der Waals surface area (Å²) < 4.78 is 26.6. The second-order valence-electron chi connectivity index (χ2n) is 3.58. The van der Waals surface area contributed by atoms with Crippen molar-refractivity contribution in [3.8, 4) is 0 Å². The van der Waals surface area contributed by atoms with E-state index < -0.39 is 17.2 Å². The lowest BCUT2D eigenvalue weighted by atomic mass is 10.0. The monoisotopic (exact) mass is 184 g/mol. The van der Waals surface area contributed by atoms with Crippen LogP contribution in [0.2, 0.25) is 0 Å². The van der Waals surface area contributed by atoms with Gasteiger partial charge in [0.1, 0.15) is 11.6 Å². The molecule has 0 unspecified atom stereocenters. The van der Waals surface area contributed by atoms with E-state index >= 15 is 0 Å². The number of hydrogen-bond donors (Lipinski definition) is 1. The van der Waals surface area contributed by atoms with Crippen molar-refractivity contribution in [3.63, 3.8) is 0 Å². The first-order valence-corrected chi connectivity index (χ1v) is 4.22. The summed E-state index contributed by atoms with van der Waals surface area (Å²) in [5, 5.41) is 9.61. The maximum Gasteiger partial charge on any atom is 0.135 e. The SMILES string of the molecule is Cc1ccc(F)c(C2(O)CC2)c1F. The van der Waals surface area contributed by atoms with Crippen molar-refractivity contribution in [2.45, 2.75) is 25.4 Å². The summed E-state index contributed by atoms with van der Waals surface area (Å²) in [6.45, 7) is 1.56. The van der Waals surface area contributed by atoms with Crippen LogP contribution in [0.1, 0.15) is 24.0 Å². The van der Waals surface area contributed by atoms with Gasteiger partial charge >= 0.3 is 0 Å². The fraction of sp³-hybridized carbons (Fsp3) is 0.400. The van der Waals surface area contributed by atoms with Gasteiger partial charge in [-0.05, 0) is 31.4 Å². The van der Waals surface area contributed by atoms with Gasteiger partial charge in [0.2, 0.25) is 0 Å². The van der Waals surface area contributed by atoms with Crippen LogP contribution in [0.5, 0.6) is 0 Å². The highest BCUT2D eigenvalue weighted by Gasteiger charge is 2.46. The van der Waals surface area contributed by atoms with Crippen molar-refractivity contribution in [1.82, 2.24) is 0 Å². The minimum Gasteiger partial charge on any atom is -0.385 e. The van der Waals surface area contributed by atoms with Gasteiger partial charge in [0, 0.05) is 0 Å². The molecule has 0 heterocycles. The quantitative estimate of drug-likeness (QED) is 0.709. The Bertz CT molecular complexity index is 356. The van der Waals surface area contributed by atoms with E-state index in [2.05, 4.69) is 0 Å². The number of rotatable bonds is 1. The van der Waals surface area contributed by atoms with Crippen molar-refractivity contribution in [3.05, 3.63) is 34.9 Å². The first-order chi connectivity index (χ1) is 6.04. The molecule has 70 valence electrons. The van der Waals surface area contributed by atoms with E-state index in [-0.39, 0.29) is 5.56 Å². The predicted molar refractivity (Wildman–Crippen MR) is 44.2 cm³/mol. The Labute approximate surface area is 75.0 Å². The third kappa shape index (κ3) is 1.23. The van der Waals surface area contributed by atoms with Crippen LogP contribution >= 0.6 is 0 Å². The van der Waals surface area contributed by atoms with E-state index in [1.54, 1.807) is 6.92 Å². The lowest BCUT2D eigenvalue weighted by Crippen LogP contribution is -2.11. The van der Waals surface area contributed by atoms with Crippen LogP contribution < -0.4 is 0 Å². The minimum atomic E-state index is -1.24. The van der Waals surface area contributed by atoms with Gasteiger partial charge in [-0.3, -0.25) is 0 Å². The minimum absolute atomic E-state index is 0.160. The third-order valence-corrected chi connectivity index (χ3v) is 2.47. The average molecular weight is 184 g/mol. The maximum atomic E-state index is 13.4. The van der Waals surface area contributed by atoms with Crippen LogP contribution in [0.15, 0.2) is 12.1 Å². The Balaban J connectivity index is 2.61. The summed E-state index contributed by atoms with van der Waals surface area (Å²) in [6.07, 6.45) is 0.897. The zero-order valence-corrected chi connectivity index (χ0v) is 7.27. The molecule has 1 aliphatic rings. The molecule has 13 heavy (non-hydrogen) atoms. The van der Waals surface area contributed by atoms with Crippen LogP contribution in [0, 0.1) is 18.6 Å². The van der Waals surface area contributed by atoms with Gasteiger partial charge in [-0.25, -0.2) is 8.78 Å². The summed E-state index contributed by atoms with van der Waals surface area (Å²) in [5.41, 5.74) is -1.02. The van der Waals surface area contributed by atoms with Crippen LogP contribution in [0.25, 0.3) is 0 Å². The third-order valence-electron chi connectivity index (χ3n) is 2.47. The molecular formula is C10H10F2O. The molecular weight excluding hydrogens is 174 g/mol. The summed E-state index contributed by atoms with van der Waals surface area (Å²) in [7, 11) is 0. The second kappa shape index (κ2) is 2.51. The molecule has 0 atom stereocenters. The van der Waals surface area contributed by atoms with Crippen LogP contribution in [0.3, 0.4) is 0 Å². The molecule has 1 aliphatic carbocycles. The summed E-state index contributed by atoms with van der Waals surface area (Å²) in [6, 6.07) is 2.57. The highest BCUT2D eigenvalue weighted by molar-refractivity contribution is 5.34. The van der Waals surface area contributed by atoms with Gasteiger partial charge < -0.3 is 5.11 Å². The molecule has 1 aromatic carbocycles. The lowest BCUT2D eigenvalue weighted by Gasteiger charge is -2.11. The topological polar surface area (TPSA) is 20.2 Å². The highest BCUT2D eigenvalue weighted by Crippen LogP contribution is 2.47. The molecule has 0 aliphatic heterocycles. The van der Waals surface area contributed by atoms with Crippen molar-refractivity contribution < 1.29 is 13.9 Å². The van der Waals surface area contributed by atoms with E-state index in [1.807, 2.05) is 0 Å². The second-order valence-corrected chi connectivity index (χ2v) is 3.58. The summed E-state index contributed by atoms with van der Waals surface area (Å²) >= 11 is 0. The van der Waals surface area contributed by atoms with Crippen molar-refractivity contribution in [1.29, 1.82) is 0 Å². The number of benzene rings is 1. The molecule has 0 spiro atoms. The molecule has 1 nitrogen and oxygen atoms in total. The van der Waals surface area contributed by atoms with Crippen molar-refractivity contribution >= 4 is 0 Å². The summed E-state index contributed by atoms with van der Waals surface area (Å²) in [5.74, 6) is -1.26. The fourth-order valence-electron chi connectivity index (χ4n) is 1.45. The largest absolute Gasteiger partial charge is 0.385 e. The van der Waals surface area contributed by atoms with Crippen molar-refractivity contribution in [2.75, 3.05) is 0 Å². The zero-order valence-electron chi connectivity index (χ0n) is 7.27. The fourth-order valence-corrected chi connectivity index (χ4v) is 1.45. The molecule has 2 rings (SSSR count). The zero-order chi connectivity index (χ0) is 9.64. The van der Waals surface area contributed by atoms with E-state index in [0.29, 0.717) is 18.4 Å². The van der Waals surface area contributed by atoms with Crippen LogP contribution in [-0.2, 0) is 5.60 Å². The van der Waals surface area contributed by atoms with Crippen LogP contribution in [-0.4, -0.2) is 5.11 Å². The van der Waals surface area contributed by atoms with Crippen molar-refractivity contribution in [2.24, 2.45) is 0 Å². The Kier molecular flexibility index (Phi) is 1.67. The standard InChI is InChI=1S/C10H10F2O/c1-6-2-3-7(11)8(9(6)12)10(13)4-5-10/h2-3,13H,4-5H2,1H3. The molecule has 1 N–H and O–H groups in total. The van der Waals surface area contributed by atoms with E-state index in [1.165, 1.54) is 12.1 Å². The van der Waals surface area contributed by atoms with Gasteiger partial charge in [-0.1, -0.05) is 6.07 Å². The Morgan fingerprint density at radius 2 is 1.92 bits per heavy atom. The van der Waals surface area contributed by atoms with E-state index in [9.17, 15) is 13.9 Å². The molecule has 0 saturated heterocycles. The Morgan fingerprint density at radius 1 is 1.31 bits per heavy atom. The number of hydrogen-bond acceptors (Lipinski definition) is 1. The highest BCUT2D eigenvalue weighted by atomic mass is 19.1. The predicted octanol–water partition coefficient (Wildman–Crippen LogP) is 2.25. The van der Waals surface area contributed by atoms with Crippen LogP contribution in [0.4, 0.5) is 8.78 Å². The smallest absolute Gasteiger partial charge is 0.135 e. The van der Waals surface area contributed by atoms with Gasteiger partial charge in [0.15, 0.2) is 0 Å². The average Bonchev–Trinajstić information content (AvgIpc) is 2.78. The van der Waals surface area contributed by atoms with E-state index in [4.69, 9.17) is 0 Å². The number of halogens is 2. The summed E-state index contributed by atoms with van der Waals surface area (Å²) in [4.78, 5) is 0. The first-order valence-electron chi connectivity index (χ1n) is 4.22. The Morgan fingerprint density at radius 3 is 2.46 bits per heavy atom. The lowest BCUT2D eigenvalue weighted by molar-refractivity contribution is 0.141. The molecule has 0 amide bonds. The maximum absolute atomic E-state index is 13.4. The van der Waals surface area contributed by atoms with Gasteiger partial charge in [0.05, 0.1) is 11.2 Å². The van der Waals surface area contributed by atoms with E-state index in [0.717, 1.165) is 0 Å². The van der Waals surface area contributed by atoms with Gasteiger partial charge in [0.25, 0.3) is 0 Å². The van der Waals surface area contributed by atoms with Gasteiger partial charge in [-0.15, -0.1) is 0 Å². The molecule has 1 fully saturated rings. The first kappa shape index (κ1) is 8.63. The molecule has 0 aromatic heterocycles. The number of aryl methyl sites for hydroxylation is 1. The molecule has 3 heteroatoms. The molecule has 1 aromatic rings.